The van der Waals surface area contributed by atoms with Gasteiger partial charge in [-0.25, -0.2) is 4.98 Å². The second-order valence-corrected chi connectivity index (χ2v) is 8.31. The van der Waals surface area contributed by atoms with E-state index in [9.17, 15) is 0 Å². The Balaban J connectivity index is 1.59. The quantitative estimate of drug-likeness (QED) is 0.285. The molecule has 0 bridgehead atoms. The van der Waals surface area contributed by atoms with Crippen molar-refractivity contribution >= 4 is 33.1 Å². The van der Waals surface area contributed by atoms with Crippen molar-refractivity contribution in [3.8, 4) is 28.2 Å². The fourth-order valence-electron chi connectivity index (χ4n) is 4.71. The topological polar surface area (TPSA) is 43.9 Å². The summed E-state index contributed by atoms with van der Waals surface area (Å²) in [7, 11) is 0. The Labute approximate surface area is 195 Å². The average Bonchev–Trinajstić information content (AvgIpc) is 3.44. The SMILES string of the molecule is c1ccc(-c2cc(-n3c4cccnc4c4c5ccccc5oc43)cc(-c3ccccc3)n2)cc1. The van der Waals surface area contributed by atoms with Gasteiger partial charge in [0.15, 0.2) is 0 Å². The number of aromatic nitrogens is 3. The first kappa shape index (κ1) is 18.8. The second-order valence-electron chi connectivity index (χ2n) is 8.31. The Kier molecular flexibility index (Phi) is 4.11. The van der Waals surface area contributed by atoms with Gasteiger partial charge in [0.1, 0.15) is 11.1 Å². The van der Waals surface area contributed by atoms with Gasteiger partial charge in [0.25, 0.3) is 0 Å². The van der Waals surface area contributed by atoms with Crippen LogP contribution >= 0.6 is 0 Å². The lowest BCUT2D eigenvalue weighted by Gasteiger charge is -2.12. The third-order valence-corrected chi connectivity index (χ3v) is 6.25. The summed E-state index contributed by atoms with van der Waals surface area (Å²) < 4.78 is 8.58. The normalized spacial score (nSPS) is 11.5. The molecule has 0 saturated carbocycles. The molecule has 0 aliphatic heterocycles. The number of hydrogen-bond donors (Lipinski definition) is 0. The highest BCUT2D eigenvalue weighted by Crippen LogP contribution is 2.39. The summed E-state index contributed by atoms with van der Waals surface area (Å²) >= 11 is 0. The molecule has 4 aromatic heterocycles. The summed E-state index contributed by atoms with van der Waals surface area (Å²) in [5.41, 5.74) is 8.52. The smallest absolute Gasteiger partial charge is 0.215 e. The van der Waals surface area contributed by atoms with E-state index in [4.69, 9.17) is 14.4 Å². The zero-order chi connectivity index (χ0) is 22.5. The number of fused-ring (bicyclic) bond motifs is 5. The van der Waals surface area contributed by atoms with Crippen molar-refractivity contribution in [2.75, 3.05) is 0 Å². The molecule has 0 N–H and O–H groups in total. The molecule has 0 fully saturated rings. The Bertz CT molecular complexity index is 1740. The Morgan fingerprint density at radius 3 is 2.00 bits per heavy atom. The first-order valence-electron chi connectivity index (χ1n) is 11.3. The van der Waals surface area contributed by atoms with E-state index in [0.717, 1.165) is 61.3 Å². The minimum atomic E-state index is 0.791. The molecule has 0 amide bonds. The molecule has 7 aromatic rings. The van der Waals surface area contributed by atoms with E-state index in [2.05, 4.69) is 53.1 Å². The second kappa shape index (κ2) is 7.42. The molecule has 0 saturated heterocycles. The van der Waals surface area contributed by atoms with Crippen molar-refractivity contribution in [1.29, 1.82) is 0 Å². The molecule has 34 heavy (non-hydrogen) atoms. The minimum absolute atomic E-state index is 0.791. The number of rotatable bonds is 3. The van der Waals surface area contributed by atoms with Crippen LogP contribution in [0.5, 0.6) is 0 Å². The summed E-state index contributed by atoms with van der Waals surface area (Å²) in [5.74, 6) is 0. The predicted octanol–water partition coefficient (Wildman–Crippen LogP) is 7.65. The molecule has 0 aliphatic rings. The molecule has 0 aliphatic carbocycles. The third-order valence-electron chi connectivity index (χ3n) is 6.25. The molecule has 4 heterocycles. The first-order chi connectivity index (χ1) is 16.9. The fourth-order valence-corrected chi connectivity index (χ4v) is 4.71. The summed E-state index contributed by atoms with van der Waals surface area (Å²) in [6.07, 6.45) is 1.84. The number of para-hydroxylation sites is 1. The van der Waals surface area contributed by atoms with Crippen LogP contribution < -0.4 is 0 Å². The Morgan fingerprint density at radius 2 is 1.29 bits per heavy atom. The average molecular weight is 438 g/mol. The van der Waals surface area contributed by atoms with Crippen LogP contribution in [0.4, 0.5) is 0 Å². The molecular formula is C30H19N3O. The van der Waals surface area contributed by atoms with Gasteiger partial charge in [-0.15, -0.1) is 0 Å². The summed E-state index contributed by atoms with van der Waals surface area (Å²) in [4.78, 5) is 9.77. The monoisotopic (exact) mass is 437 g/mol. The van der Waals surface area contributed by atoms with Gasteiger partial charge in [0.05, 0.1) is 28.0 Å². The largest absolute Gasteiger partial charge is 0.439 e. The molecule has 160 valence electrons. The van der Waals surface area contributed by atoms with Gasteiger partial charge < -0.3 is 4.42 Å². The highest BCUT2D eigenvalue weighted by atomic mass is 16.3. The van der Waals surface area contributed by atoms with E-state index in [1.807, 2.05) is 66.9 Å². The van der Waals surface area contributed by atoms with Crippen LogP contribution in [0.1, 0.15) is 0 Å². The van der Waals surface area contributed by atoms with Crippen LogP contribution in [0.3, 0.4) is 0 Å². The number of benzene rings is 3. The highest BCUT2D eigenvalue weighted by Gasteiger charge is 2.21. The molecule has 4 heteroatoms. The molecule has 0 atom stereocenters. The van der Waals surface area contributed by atoms with E-state index in [1.54, 1.807) is 0 Å². The van der Waals surface area contributed by atoms with E-state index in [0.29, 0.717) is 0 Å². The molecule has 0 radical (unpaired) electrons. The van der Waals surface area contributed by atoms with Crippen LogP contribution in [-0.4, -0.2) is 14.5 Å². The van der Waals surface area contributed by atoms with Crippen molar-refractivity contribution in [1.82, 2.24) is 14.5 Å². The Hall–Kier alpha value is -4.70. The summed E-state index contributed by atoms with van der Waals surface area (Å²) in [5, 5.41) is 2.10. The van der Waals surface area contributed by atoms with Crippen LogP contribution in [0.25, 0.3) is 61.3 Å². The molecular weight excluding hydrogens is 418 g/mol. The van der Waals surface area contributed by atoms with E-state index in [1.165, 1.54) is 0 Å². The van der Waals surface area contributed by atoms with Crippen molar-refractivity contribution in [3.05, 3.63) is 115 Å². The molecule has 3 aromatic carbocycles. The van der Waals surface area contributed by atoms with E-state index >= 15 is 0 Å². The lowest BCUT2D eigenvalue weighted by Crippen LogP contribution is -1.98. The summed E-state index contributed by atoms with van der Waals surface area (Å²) in [6.45, 7) is 0. The van der Waals surface area contributed by atoms with Crippen LogP contribution in [0.2, 0.25) is 0 Å². The maximum atomic E-state index is 6.42. The lowest BCUT2D eigenvalue weighted by molar-refractivity contribution is 0.645. The van der Waals surface area contributed by atoms with Gasteiger partial charge in [-0.1, -0.05) is 78.9 Å². The van der Waals surface area contributed by atoms with Crippen LogP contribution in [0, 0.1) is 0 Å². The maximum Gasteiger partial charge on any atom is 0.215 e. The van der Waals surface area contributed by atoms with Gasteiger partial charge >= 0.3 is 0 Å². The summed E-state index contributed by atoms with van der Waals surface area (Å²) in [6, 6.07) is 37.0. The van der Waals surface area contributed by atoms with Gasteiger partial charge in [0, 0.05) is 22.7 Å². The van der Waals surface area contributed by atoms with Gasteiger partial charge in [0.2, 0.25) is 5.71 Å². The number of nitrogens with zero attached hydrogens (tertiary/aromatic N) is 3. The molecule has 0 spiro atoms. The third kappa shape index (κ3) is 2.86. The zero-order valence-corrected chi connectivity index (χ0v) is 18.2. The molecule has 4 nitrogen and oxygen atoms in total. The zero-order valence-electron chi connectivity index (χ0n) is 18.2. The first-order valence-corrected chi connectivity index (χ1v) is 11.3. The van der Waals surface area contributed by atoms with E-state index < -0.39 is 0 Å². The van der Waals surface area contributed by atoms with Gasteiger partial charge in [-0.05, 0) is 30.3 Å². The van der Waals surface area contributed by atoms with Crippen molar-refractivity contribution in [2.45, 2.75) is 0 Å². The maximum absolute atomic E-state index is 6.42. The molecule has 7 rings (SSSR count). The van der Waals surface area contributed by atoms with Crippen LogP contribution in [-0.2, 0) is 0 Å². The Morgan fingerprint density at radius 1 is 0.647 bits per heavy atom. The number of pyridine rings is 2. The van der Waals surface area contributed by atoms with E-state index in [-0.39, 0.29) is 0 Å². The standard InChI is InChI=1S/C30H19N3O/c1-3-10-20(11-4-1)24-18-22(19-25(32-24)21-12-5-2-6-13-21)33-26-15-9-17-31-29(26)28-23-14-7-8-16-27(23)34-30(28)33/h1-19H. The number of hydrogen-bond acceptors (Lipinski definition) is 3. The fraction of sp³-hybridized carbons (Fsp3) is 0. The van der Waals surface area contributed by atoms with Crippen molar-refractivity contribution in [3.63, 3.8) is 0 Å². The molecule has 0 unspecified atom stereocenters. The highest BCUT2D eigenvalue weighted by molar-refractivity contribution is 6.18. The minimum Gasteiger partial charge on any atom is -0.439 e. The van der Waals surface area contributed by atoms with Gasteiger partial charge in [-0.3, -0.25) is 9.55 Å². The number of furan rings is 1. The lowest BCUT2D eigenvalue weighted by atomic mass is 10.1. The predicted molar refractivity (Wildman–Crippen MR) is 137 cm³/mol. The van der Waals surface area contributed by atoms with Crippen molar-refractivity contribution < 1.29 is 4.42 Å². The van der Waals surface area contributed by atoms with Crippen molar-refractivity contribution in [2.24, 2.45) is 0 Å². The van der Waals surface area contributed by atoms with Gasteiger partial charge in [-0.2, -0.15) is 0 Å². The van der Waals surface area contributed by atoms with Crippen LogP contribution in [0.15, 0.2) is 120 Å².